The molecule has 0 unspecified atom stereocenters. The van der Waals surface area contributed by atoms with E-state index in [0.717, 1.165) is 177 Å². The van der Waals surface area contributed by atoms with Crippen molar-refractivity contribution in [3.8, 4) is 57.4 Å². The monoisotopic (exact) mass is 1560 g/mol. The summed E-state index contributed by atoms with van der Waals surface area (Å²) >= 11 is 0. The van der Waals surface area contributed by atoms with Crippen molar-refractivity contribution in [2.75, 3.05) is 69.1 Å². The Hall–Kier alpha value is -13.9. The van der Waals surface area contributed by atoms with Gasteiger partial charge in [-0.05, 0) is 310 Å². The molecule has 14 aromatic carbocycles. The van der Waals surface area contributed by atoms with E-state index < -0.39 is 0 Å². The summed E-state index contributed by atoms with van der Waals surface area (Å²) in [5, 5.41) is 6.62. The van der Waals surface area contributed by atoms with Crippen molar-refractivity contribution in [3.63, 3.8) is 0 Å². The Kier molecular flexibility index (Phi) is 21.4. The number of fused-ring (bicyclic) bond motifs is 4. The average Bonchev–Trinajstić information content (AvgIpc) is 1.57. The van der Waals surface area contributed by atoms with E-state index in [2.05, 4.69) is 246 Å². The van der Waals surface area contributed by atoms with Crippen LogP contribution >= 0.6 is 0 Å². The fourth-order valence-electron chi connectivity index (χ4n) is 17.2. The first kappa shape index (κ1) is 75.4. The van der Waals surface area contributed by atoms with Gasteiger partial charge in [-0.1, -0.05) is 64.7 Å². The number of hydrogen-bond donors (Lipinski definition) is 0. The molecule has 0 N–H and O–H groups in total. The molecule has 16 bridgehead atoms. The standard InChI is InChI=1S/C103H95N7O8/c1-8-9-10-11-12-13-14-15-16-17-62-104-98-56-34-82-67-92(98)93-68-83(35-57-99(93)104)110-101-59-37-79(106(72-22-44-86(113-4)45-23-72)73-24-46-87(114-5)47-25-73)64-95(101)97-66-81(39-61-103(97)110)108(75-28-50-89(116-7)51-29-75)77-32-54-91(55-33-77)118-69-117-90-52-30-76(31-53-90)107(74-26-48-88(115-6)49-27-74)80-38-60-102-96(65-80)94-63-78(36-58-100(94)109(82)102)105(70-18-40-84(111-2)41-19-70)71-20-42-85(112-3)43-21-71/h18-61,63-68H,8-17,62,69H2,1-7H3. The normalized spacial score (nSPS) is 12.1. The molecule has 0 spiro atoms. The summed E-state index contributed by atoms with van der Waals surface area (Å²) in [5.41, 5.74) is 20.2. The molecular weight excluding hydrogens is 1460 g/mol. The summed E-state index contributed by atoms with van der Waals surface area (Å²) < 4.78 is 54.9. The molecule has 0 atom stereocenters. The molecule has 118 heavy (non-hydrogen) atoms. The molecule has 0 saturated carbocycles. The molecule has 17 aromatic rings. The Morgan fingerprint density at radius 3 is 0.822 bits per heavy atom. The predicted molar refractivity (Wildman–Crippen MR) is 484 cm³/mol. The van der Waals surface area contributed by atoms with E-state index in [1.165, 1.54) is 73.2 Å². The van der Waals surface area contributed by atoms with Crippen molar-refractivity contribution < 1.29 is 37.9 Å². The van der Waals surface area contributed by atoms with Gasteiger partial charge in [0.25, 0.3) is 0 Å². The van der Waals surface area contributed by atoms with E-state index in [9.17, 15) is 0 Å². The topological polar surface area (TPSA) is 102 Å². The number of nitrogens with zero attached hydrogens (tertiary/aromatic N) is 7. The van der Waals surface area contributed by atoms with Crippen molar-refractivity contribution in [1.29, 1.82) is 0 Å². The molecule has 5 aliphatic rings. The molecule has 3 aromatic heterocycles. The number of unbranched alkanes of at least 4 members (excludes halogenated alkanes) is 9. The largest absolute Gasteiger partial charge is 0.497 e. The summed E-state index contributed by atoms with van der Waals surface area (Å²) in [6.07, 6.45) is 12.6. The SMILES string of the molecule is CCCCCCCCCCCCn1c2ccc3cc2c2cc(ccc21)-n1c2ccc(N(c4ccc(OC)cc4)c4ccc(OC)cc4)cc2c2cc(ccc21)N(c1ccc(OC)cc1)c1ccc(cc1)OCOc1ccc(cc1)N(c1ccc(OC)cc1)c1ccc2c(c1)c1cc(N(c4ccc(OC)cc4)c4ccc(OC)cc4)ccc1n2-3. The van der Waals surface area contributed by atoms with E-state index in [1.54, 1.807) is 42.7 Å². The maximum atomic E-state index is 6.44. The van der Waals surface area contributed by atoms with Crippen LogP contribution in [0.4, 0.5) is 68.2 Å². The molecule has 0 fully saturated rings. The minimum Gasteiger partial charge on any atom is -0.497 e. The maximum Gasteiger partial charge on any atom is 0.230 e. The van der Waals surface area contributed by atoms with Crippen LogP contribution in [0.15, 0.2) is 303 Å². The van der Waals surface area contributed by atoms with Crippen molar-refractivity contribution >= 4 is 134 Å². The summed E-state index contributed by atoms with van der Waals surface area (Å²) in [6, 6.07) is 108. The number of methoxy groups -OCH3 is 6. The van der Waals surface area contributed by atoms with Gasteiger partial charge in [-0.25, -0.2) is 0 Å². The first-order valence-electron chi connectivity index (χ1n) is 40.9. The van der Waals surface area contributed by atoms with Gasteiger partial charge in [-0.2, -0.15) is 0 Å². The van der Waals surface area contributed by atoms with Crippen LogP contribution < -0.4 is 57.5 Å². The average molecular weight is 1560 g/mol. The van der Waals surface area contributed by atoms with Gasteiger partial charge in [-0.15, -0.1) is 0 Å². The fourth-order valence-corrected chi connectivity index (χ4v) is 17.2. The van der Waals surface area contributed by atoms with Crippen LogP contribution in [0.2, 0.25) is 0 Å². The summed E-state index contributed by atoms with van der Waals surface area (Å²) in [4.78, 5) is 9.19. The summed E-state index contributed by atoms with van der Waals surface area (Å²) in [5.74, 6) is 5.93. The third kappa shape index (κ3) is 14.7. The Balaban J connectivity index is 0.872. The number of rotatable bonds is 25. The molecule has 15 heteroatoms. The van der Waals surface area contributed by atoms with Crippen molar-refractivity contribution in [2.24, 2.45) is 0 Å². The molecule has 0 saturated heterocycles. The quantitative estimate of drug-likeness (QED) is 0.0509. The second kappa shape index (κ2) is 33.5. The zero-order valence-corrected chi connectivity index (χ0v) is 67.7. The van der Waals surface area contributed by atoms with Crippen LogP contribution in [0.25, 0.3) is 76.8 Å². The van der Waals surface area contributed by atoms with E-state index >= 15 is 0 Å². The summed E-state index contributed by atoms with van der Waals surface area (Å²) in [6.45, 7) is 3.15. The number of benzene rings is 14. The van der Waals surface area contributed by atoms with Gasteiger partial charge in [-0.3, -0.25) is 0 Å². The lowest BCUT2D eigenvalue weighted by atomic mass is 10.1. The lowest BCUT2D eigenvalue weighted by Crippen LogP contribution is -2.11. The highest BCUT2D eigenvalue weighted by Crippen LogP contribution is 2.49. The van der Waals surface area contributed by atoms with Crippen LogP contribution in [0.5, 0.6) is 46.0 Å². The number of aromatic nitrogens is 3. The van der Waals surface area contributed by atoms with E-state index in [-0.39, 0.29) is 6.79 Å². The van der Waals surface area contributed by atoms with Gasteiger partial charge in [0.05, 0.1) is 64.7 Å². The molecule has 15 nitrogen and oxygen atoms in total. The third-order valence-electron chi connectivity index (χ3n) is 23.2. The highest BCUT2D eigenvalue weighted by atomic mass is 16.7. The van der Waals surface area contributed by atoms with Gasteiger partial charge in [0.2, 0.25) is 6.79 Å². The van der Waals surface area contributed by atoms with E-state index in [4.69, 9.17) is 37.9 Å². The lowest BCUT2D eigenvalue weighted by Gasteiger charge is -2.26. The second-order valence-corrected chi connectivity index (χ2v) is 30.1. The highest BCUT2D eigenvalue weighted by Gasteiger charge is 2.26. The third-order valence-corrected chi connectivity index (χ3v) is 23.2. The van der Waals surface area contributed by atoms with E-state index in [1.807, 2.05) is 97.1 Å². The van der Waals surface area contributed by atoms with Crippen LogP contribution in [0.1, 0.15) is 71.1 Å². The number of aryl methyl sites for hydroxylation is 1. The highest BCUT2D eigenvalue weighted by molar-refractivity contribution is 6.16. The van der Waals surface area contributed by atoms with Gasteiger partial charge in [0.1, 0.15) is 46.0 Å². The van der Waals surface area contributed by atoms with E-state index in [0.29, 0.717) is 11.5 Å². The van der Waals surface area contributed by atoms with Gasteiger partial charge < -0.3 is 71.2 Å². The molecule has 0 radical (unpaired) electrons. The Morgan fingerprint density at radius 1 is 0.246 bits per heavy atom. The van der Waals surface area contributed by atoms with Crippen LogP contribution in [0, 0.1) is 0 Å². The molecular formula is C103H95N7O8. The van der Waals surface area contributed by atoms with Crippen LogP contribution in [-0.2, 0) is 6.54 Å². The Labute approximate surface area is 688 Å². The Morgan fingerprint density at radius 2 is 0.492 bits per heavy atom. The van der Waals surface area contributed by atoms with Crippen LogP contribution in [-0.4, -0.2) is 63.2 Å². The zero-order chi connectivity index (χ0) is 80.2. The zero-order valence-electron chi connectivity index (χ0n) is 67.7. The number of anilines is 12. The van der Waals surface area contributed by atoms with Gasteiger partial charge in [0.15, 0.2) is 0 Å². The predicted octanol–water partition coefficient (Wildman–Crippen LogP) is 27.6. The minimum absolute atomic E-state index is 0.0245. The van der Waals surface area contributed by atoms with Gasteiger partial charge >= 0.3 is 0 Å². The van der Waals surface area contributed by atoms with Crippen molar-refractivity contribution in [2.45, 2.75) is 77.7 Å². The molecule has 22 rings (SSSR count). The fraction of sp³-hybridized carbons (Fsp3) is 0.184. The second-order valence-electron chi connectivity index (χ2n) is 30.1. The Bertz CT molecular complexity index is 5930. The minimum atomic E-state index is -0.0245. The number of hydrogen-bond acceptors (Lipinski definition) is 12. The van der Waals surface area contributed by atoms with Crippen molar-refractivity contribution in [1.82, 2.24) is 13.7 Å². The number of ether oxygens (including phenoxy) is 8. The molecule has 8 heterocycles. The molecule has 0 amide bonds. The van der Waals surface area contributed by atoms with Gasteiger partial charge in [0, 0.05) is 130 Å². The van der Waals surface area contributed by atoms with Crippen LogP contribution in [0.3, 0.4) is 0 Å². The molecule has 590 valence electrons. The first-order chi connectivity index (χ1) is 58.2. The lowest BCUT2D eigenvalue weighted by molar-refractivity contribution is 0.120. The smallest absolute Gasteiger partial charge is 0.230 e. The molecule has 5 aliphatic heterocycles. The summed E-state index contributed by atoms with van der Waals surface area (Å²) in [7, 11) is 10.2. The molecule has 0 aliphatic carbocycles. The first-order valence-corrected chi connectivity index (χ1v) is 40.9. The maximum absolute atomic E-state index is 6.44. The van der Waals surface area contributed by atoms with Crippen molar-refractivity contribution in [3.05, 3.63) is 303 Å².